The third-order valence-corrected chi connectivity index (χ3v) is 2.04. The van der Waals surface area contributed by atoms with Crippen LogP contribution >= 0.6 is 0 Å². The van der Waals surface area contributed by atoms with Crippen LogP contribution in [0.15, 0.2) is 18.2 Å². The van der Waals surface area contributed by atoms with E-state index in [1.54, 1.807) is 6.07 Å². The van der Waals surface area contributed by atoms with Crippen molar-refractivity contribution in [2.75, 3.05) is 0 Å². The van der Waals surface area contributed by atoms with Crippen LogP contribution in [0, 0.1) is 17.1 Å². The molecule has 1 aromatic carbocycles. The summed E-state index contributed by atoms with van der Waals surface area (Å²) in [6, 6.07) is 2.93. The Balaban J connectivity index is 3.30. The van der Waals surface area contributed by atoms with Crippen molar-refractivity contribution in [1.29, 1.82) is 5.26 Å². The van der Waals surface area contributed by atoms with Crippen LogP contribution in [0.1, 0.15) is 23.6 Å². The molecule has 0 amide bonds. The molecule has 0 aliphatic rings. The van der Waals surface area contributed by atoms with Crippen molar-refractivity contribution in [3.8, 4) is 6.07 Å². The molecule has 1 aromatic rings. The number of halogens is 4. The average molecular weight is 232 g/mol. The summed E-state index contributed by atoms with van der Waals surface area (Å²) in [5.41, 5.74) is 3.56. The summed E-state index contributed by atoms with van der Waals surface area (Å²) in [4.78, 5) is 0. The molecule has 0 spiro atoms. The van der Waals surface area contributed by atoms with Gasteiger partial charge in [0.15, 0.2) is 0 Å². The molecular weight excluding hydrogens is 224 g/mol. The van der Waals surface area contributed by atoms with Crippen molar-refractivity contribution in [1.82, 2.24) is 0 Å². The minimum absolute atomic E-state index is 0.371. The minimum atomic E-state index is -4.68. The Morgan fingerprint density at radius 3 is 2.50 bits per heavy atom. The molecule has 0 aliphatic carbocycles. The highest BCUT2D eigenvalue weighted by Crippen LogP contribution is 2.35. The van der Waals surface area contributed by atoms with E-state index in [0.29, 0.717) is 0 Å². The van der Waals surface area contributed by atoms with Crippen LogP contribution in [0.2, 0.25) is 0 Å². The van der Waals surface area contributed by atoms with Gasteiger partial charge in [0.05, 0.1) is 18.1 Å². The van der Waals surface area contributed by atoms with E-state index >= 15 is 0 Å². The van der Waals surface area contributed by atoms with E-state index < -0.39 is 29.2 Å². The highest BCUT2D eigenvalue weighted by molar-refractivity contribution is 5.34. The molecule has 0 saturated heterocycles. The molecule has 0 bridgehead atoms. The molecule has 86 valence electrons. The van der Waals surface area contributed by atoms with Gasteiger partial charge in [-0.1, -0.05) is 6.07 Å². The first kappa shape index (κ1) is 12.5. The van der Waals surface area contributed by atoms with E-state index in [4.69, 9.17) is 11.0 Å². The lowest BCUT2D eigenvalue weighted by Gasteiger charge is -2.16. The number of rotatable bonds is 2. The van der Waals surface area contributed by atoms with Crippen molar-refractivity contribution >= 4 is 0 Å². The molecule has 0 saturated carbocycles. The van der Waals surface area contributed by atoms with Gasteiger partial charge in [-0.2, -0.15) is 18.4 Å². The van der Waals surface area contributed by atoms with E-state index in [1.165, 1.54) is 0 Å². The summed E-state index contributed by atoms with van der Waals surface area (Å²) in [6.07, 6.45) is -5.05. The maximum Gasteiger partial charge on any atom is 0.416 e. The molecule has 16 heavy (non-hydrogen) atoms. The van der Waals surface area contributed by atoms with Crippen LogP contribution in [-0.2, 0) is 6.18 Å². The summed E-state index contributed by atoms with van der Waals surface area (Å²) in [6.45, 7) is 0. The second-order valence-electron chi connectivity index (χ2n) is 3.17. The van der Waals surface area contributed by atoms with Gasteiger partial charge < -0.3 is 5.73 Å². The smallest absolute Gasteiger partial charge is 0.323 e. The van der Waals surface area contributed by atoms with Crippen LogP contribution in [0.25, 0.3) is 0 Å². The fraction of sp³-hybridized carbons (Fsp3) is 0.300. The molecule has 6 heteroatoms. The normalized spacial score (nSPS) is 13.2. The highest BCUT2D eigenvalue weighted by Gasteiger charge is 2.35. The minimum Gasteiger partial charge on any atom is -0.323 e. The van der Waals surface area contributed by atoms with Crippen LogP contribution in [0.5, 0.6) is 0 Å². The summed E-state index contributed by atoms with van der Waals surface area (Å²) in [5.74, 6) is -1.04. The Morgan fingerprint density at radius 1 is 1.38 bits per heavy atom. The fourth-order valence-corrected chi connectivity index (χ4v) is 1.36. The third-order valence-electron chi connectivity index (χ3n) is 2.04. The van der Waals surface area contributed by atoms with Gasteiger partial charge in [0, 0.05) is 11.6 Å². The van der Waals surface area contributed by atoms with Gasteiger partial charge in [-0.25, -0.2) is 4.39 Å². The van der Waals surface area contributed by atoms with Crippen molar-refractivity contribution in [2.45, 2.75) is 18.6 Å². The molecule has 1 atom stereocenters. The second-order valence-corrected chi connectivity index (χ2v) is 3.17. The third kappa shape index (κ3) is 2.49. The van der Waals surface area contributed by atoms with Crippen LogP contribution in [-0.4, -0.2) is 0 Å². The number of nitriles is 1. The van der Waals surface area contributed by atoms with Crippen LogP contribution < -0.4 is 5.73 Å². The van der Waals surface area contributed by atoms with Gasteiger partial charge >= 0.3 is 6.18 Å². The first-order chi connectivity index (χ1) is 7.38. The average Bonchev–Trinajstić information content (AvgIpc) is 2.16. The number of hydrogen-bond donors (Lipinski definition) is 1. The number of alkyl halides is 3. The second kappa shape index (κ2) is 4.49. The predicted octanol–water partition coefficient (Wildman–Crippen LogP) is 2.76. The van der Waals surface area contributed by atoms with Gasteiger partial charge in [-0.15, -0.1) is 0 Å². The summed E-state index contributed by atoms with van der Waals surface area (Å²) in [5, 5.41) is 8.35. The Hall–Kier alpha value is -1.61. The molecule has 0 unspecified atom stereocenters. The van der Waals surface area contributed by atoms with Crippen molar-refractivity contribution in [3.63, 3.8) is 0 Å². The van der Waals surface area contributed by atoms with Crippen molar-refractivity contribution in [2.24, 2.45) is 5.73 Å². The zero-order valence-electron chi connectivity index (χ0n) is 8.05. The molecule has 2 N–H and O–H groups in total. The lowest BCUT2D eigenvalue weighted by Crippen LogP contribution is -2.19. The molecule has 0 aliphatic heterocycles. The fourth-order valence-electron chi connectivity index (χ4n) is 1.36. The SMILES string of the molecule is N#CC[C@H](N)c1c(F)cccc1C(F)(F)F. The molecular formula is C10H8F4N2. The van der Waals surface area contributed by atoms with Crippen molar-refractivity contribution < 1.29 is 17.6 Å². The number of nitrogens with two attached hydrogens (primary N) is 1. The van der Waals surface area contributed by atoms with Gasteiger partial charge in [0.1, 0.15) is 5.82 Å². The molecule has 0 heterocycles. The van der Waals surface area contributed by atoms with E-state index in [0.717, 1.165) is 18.2 Å². The Morgan fingerprint density at radius 2 is 2.00 bits per heavy atom. The van der Waals surface area contributed by atoms with E-state index in [9.17, 15) is 17.6 Å². The molecule has 0 aromatic heterocycles. The predicted molar refractivity (Wildman–Crippen MR) is 48.6 cm³/mol. The standard InChI is InChI=1S/C10H8F4N2/c11-7-3-1-2-6(10(12,13)14)9(7)8(16)4-5-15/h1-3,8H,4,16H2/t8-/m0/s1. The number of nitrogens with zero attached hydrogens (tertiary/aromatic N) is 1. The topological polar surface area (TPSA) is 49.8 Å². The van der Waals surface area contributed by atoms with E-state index in [1.807, 2.05) is 0 Å². The maximum absolute atomic E-state index is 13.3. The maximum atomic E-state index is 13.3. The largest absolute Gasteiger partial charge is 0.416 e. The van der Waals surface area contributed by atoms with Crippen LogP contribution in [0.4, 0.5) is 17.6 Å². The number of hydrogen-bond acceptors (Lipinski definition) is 2. The summed E-state index contributed by atoms with van der Waals surface area (Å²) < 4.78 is 50.8. The highest BCUT2D eigenvalue weighted by atomic mass is 19.4. The van der Waals surface area contributed by atoms with Gasteiger partial charge in [0.25, 0.3) is 0 Å². The van der Waals surface area contributed by atoms with E-state index in [-0.39, 0.29) is 6.42 Å². The van der Waals surface area contributed by atoms with Gasteiger partial charge in [-0.3, -0.25) is 0 Å². The van der Waals surface area contributed by atoms with E-state index in [2.05, 4.69) is 0 Å². The van der Waals surface area contributed by atoms with Gasteiger partial charge in [0.2, 0.25) is 0 Å². The Kier molecular flexibility index (Phi) is 3.50. The quantitative estimate of drug-likeness (QED) is 0.797. The zero-order valence-corrected chi connectivity index (χ0v) is 8.05. The van der Waals surface area contributed by atoms with Crippen molar-refractivity contribution in [3.05, 3.63) is 35.1 Å². The summed E-state index contributed by atoms with van der Waals surface area (Å²) >= 11 is 0. The lowest BCUT2D eigenvalue weighted by atomic mass is 9.98. The molecule has 1 rings (SSSR count). The molecule has 2 nitrogen and oxygen atoms in total. The first-order valence-electron chi connectivity index (χ1n) is 4.36. The summed E-state index contributed by atoms with van der Waals surface area (Å²) in [7, 11) is 0. The Bertz CT molecular complexity index is 420. The van der Waals surface area contributed by atoms with Gasteiger partial charge in [-0.05, 0) is 12.1 Å². The zero-order chi connectivity index (χ0) is 12.3. The van der Waals surface area contributed by atoms with Crippen LogP contribution in [0.3, 0.4) is 0 Å². The monoisotopic (exact) mass is 232 g/mol. The lowest BCUT2D eigenvalue weighted by molar-refractivity contribution is -0.138. The first-order valence-corrected chi connectivity index (χ1v) is 4.36. The molecule has 0 radical (unpaired) electrons. The Labute approximate surface area is 89.3 Å². The number of benzene rings is 1. The molecule has 0 fully saturated rings.